The summed E-state index contributed by atoms with van der Waals surface area (Å²) in [7, 11) is 0. The zero-order valence-electron chi connectivity index (χ0n) is 13.0. The predicted octanol–water partition coefficient (Wildman–Crippen LogP) is 4.57. The van der Waals surface area contributed by atoms with Crippen molar-refractivity contribution in [1.29, 1.82) is 0 Å². The summed E-state index contributed by atoms with van der Waals surface area (Å²) in [5.41, 5.74) is 0.0984. The summed E-state index contributed by atoms with van der Waals surface area (Å²) >= 11 is 0. The molecule has 1 fully saturated rings. The minimum Gasteiger partial charge on any atom is -0.460 e. The molecule has 1 saturated carbocycles. The van der Waals surface area contributed by atoms with E-state index in [1.54, 1.807) is 0 Å². The minimum atomic E-state index is -0.363. The van der Waals surface area contributed by atoms with Crippen LogP contribution >= 0.6 is 0 Å². The van der Waals surface area contributed by atoms with Gasteiger partial charge in [-0.25, -0.2) is 0 Å². The van der Waals surface area contributed by atoms with Gasteiger partial charge in [0.15, 0.2) is 0 Å². The van der Waals surface area contributed by atoms with Gasteiger partial charge in [0.25, 0.3) is 0 Å². The van der Waals surface area contributed by atoms with Gasteiger partial charge in [0.2, 0.25) is 0 Å². The molecule has 0 aromatic heterocycles. The van der Waals surface area contributed by atoms with E-state index < -0.39 is 0 Å². The largest absolute Gasteiger partial charge is 0.460 e. The highest BCUT2D eigenvalue weighted by Gasteiger charge is 2.35. The average molecular weight is 254 g/mol. The molecule has 1 atom stereocenters. The molecule has 0 aromatic carbocycles. The molecule has 1 unspecified atom stereocenters. The molecule has 0 heterocycles. The van der Waals surface area contributed by atoms with Gasteiger partial charge >= 0.3 is 5.97 Å². The maximum Gasteiger partial charge on any atom is 0.309 e. The molecule has 0 radical (unpaired) electrons. The highest BCUT2D eigenvalue weighted by molar-refractivity contribution is 5.73. The van der Waals surface area contributed by atoms with Gasteiger partial charge in [-0.05, 0) is 64.2 Å². The fraction of sp³-hybridized carbons (Fsp3) is 0.938. The summed E-state index contributed by atoms with van der Waals surface area (Å²) in [6, 6.07) is 0. The Bertz CT molecular complexity index is 276. The lowest BCUT2D eigenvalue weighted by atomic mass is 9.69. The highest BCUT2D eigenvalue weighted by Crippen LogP contribution is 2.42. The SMILES string of the molecule is CCC(C(=O)OC(C)(C)C)C1CCC(C)(C)CC1. The van der Waals surface area contributed by atoms with Crippen molar-refractivity contribution in [2.45, 2.75) is 79.2 Å². The lowest BCUT2D eigenvalue weighted by Crippen LogP contribution is -2.34. The van der Waals surface area contributed by atoms with Crippen LogP contribution in [0.5, 0.6) is 0 Å². The summed E-state index contributed by atoms with van der Waals surface area (Å²) in [6.07, 6.45) is 5.71. The predicted molar refractivity (Wildman–Crippen MR) is 75.4 cm³/mol. The molecule has 0 bridgehead atoms. The average Bonchev–Trinajstić information content (AvgIpc) is 2.18. The normalized spacial score (nSPS) is 22.6. The van der Waals surface area contributed by atoms with Crippen LogP contribution in [-0.4, -0.2) is 11.6 Å². The second kappa shape index (κ2) is 5.63. The van der Waals surface area contributed by atoms with E-state index in [2.05, 4.69) is 20.8 Å². The van der Waals surface area contributed by atoms with Crippen molar-refractivity contribution < 1.29 is 9.53 Å². The van der Waals surface area contributed by atoms with E-state index >= 15 is 0 Å². The highest BCUT2D eigenvalue weighted by atomic mass is 16.6. The van der Waals surface area contributed by atoms with Crippen LogP contribution in [0.15, 0.2) is 0 Å². The molecule has 2 heteroatoms. The number of hydrogen-bond acceptors (Lipinski definition) is 2. The quantitative estimate of drug-likeness (QED) is 0.690. The van der Waals surface area contributed by atoms with Crippen LogP contribution in [0, 0.1) is 17.3 Å². The van der Waals surface area contributed by atoms with Crippen LogP contribution < -0.4 is 0 Å². The van der Waals surface area contributed by atoms with Crippen molar-refractivity contribution in [3.8, 4) is 0 Å². The van der Waals surface area contributed by atoms with Crippen LogP contribution in [0.1, 0.15) is 73.6 Å². The number of ether oxygens (including phenoxy) is 1. The maximum atomic E-state index is 12.2. The monoisotopic (exact) mass is 254 g/mol. The molecule has 1 aliphatic rings. The fourth-order valence-electron chi connectivity index (χ4n) is 2.89. The van der Waals surface area contributed by atoms with Gasteiger partial charge in [-0.2, -0.15) is 0 Å². The Labute approximate surface area is 112 Å². The smallest absolute Gasteiger partial charge is 0.309 e. The molecule has 18 heavy (non-hydrogen) atoms. The van der Waals surface area contributed by atoms with Crippen LogP contribution in [0.3, 0.4) is 0 Å². The van der Waals surface area contributed by atoms with Gasteiger partial charge in [-0.3, -0.25) is 4.79 Å². The van der Waals surface area contributed by atoms with Crippen molar-refractivity contribution in [1.82, 2.24) is 0 Å². The summed E-state index contributed by atoms with van der Waals surface area (Å²) in [4.78, 5) is 12.2. The zero-order valence-corrected chi connectivity index (χ0v) is 13.0. The lowest BCUT2D eigenvalue weighted by molar-refractivity contribution is -0.163. The van der Waals surface area contributed by atoms with E-state index in [-0.39, 0.29) is 17.5 Å². The Morgan fingerprint density at radius 2 is 1.78 bits per heavy atom. The second-order valence-corrected chi connectivity index (χ2v) is 7.55. The molecular formula is C16H30O2. The summed E-state index contributed by atoms with van der Waals surface area (Å²) in [6.45, 7) is 12.6. The van der Waals surface area contributed by atoms with Crippen LogP contribution in [0.25, 0.3) is 0 Å². The van der Waals surface area contributed by atoms with Crippen molar-refractivity contribution in [2.75, 3.05) is 0 Å². The van der Waals surface area contributed by atoms with E-state index in [1.165, 1.54) is 25.7 Å². The van der Waals surface area contributed by atoms with Gasteiger partial charge in [-0.15, -0.1) is 0 Å². The molecule has 106 valence electrons. The summed E-state index contributed by atoms with van der Waals surface area (Å²) < 4.78 is 5.56. The first-order valence-corrected chi connectivity index (χ1v) is 7.37. The maximum absolute atomic E-state index is 12.2. The number of esters is 1. The standard InChI is InChI=1S/C16H30O2/c1-7-13(14(17)18-15(2,3)4)12-8-10-16(5,6)11-9-12/h12-13H,7-11H2,1-6H3. The molecule has 0 saturated heterocycles. The Morgan fingerprint density at radius 3 is 2.17 bits per heavy atom. The number of carbonyl (C=O) groups excluding carboxylic acids is 1. The molecule has 2 nitrogen and oxygen atoms in total. The molecule has 0 aliphatic heterocycles. The number of hydrogen-bond donors (Lipinski definition) is 0. The second-order valence-electron chi connectivity index (χ2n) is 7.55. The first-order valence-electron chi connectivity index (χ1n) is 7.37. The first kappa shape index (κ1) is 15.5. The molecule has 0 N–H and O–H groups in total. The van der Waals surface area contributed by atoms with Crippen molar-refractivity contribution >= 4 is 5.97 Å². The Morgan fingerprint density at radius 1 is 1.28 bits per heavy atom. The fourth-order valence-corrected chi connectivity index (χ4v) is 2.89. The van der Waals surface area contributed by atoms with Crippen LogP contribution in [0.4, 0.5) is 0 Å². The van der Waals surface area contributed by atoms with Gasteiger partial charge in [0, 0.05) is 0 Å². The molecule has 1 rings (SSSR count). The first-order chi connectivity index (χ1) is 8.14. The molecule has 0 amide bonds. The Kier molecular flexibility index (Phi) is 4.85. The zero-order chi connectivity index (χ0) is 14.0. The van der Waals surface area contributed by atoms with Crippen LogP contribution in [0.2, 0.25) is 0 Å². The third kappa shape index (κ3) is 4.62. The van der Waals surface area contributed by atoms with Crippen molar-refractivity contribution in [2.24, 2.45) is 17.3 Å². The van der Waals surface area contributed by atoms with Crippen LogP contribution in [-0.2, 0) is 9.53 Å². The third-order valence-corrected chi connectivity index (χ3v) is 4.10. The van der Waals surface area contributed by atoms with E-state index in [9.17, 15) is 4.79 Å². The molecule has 0 aromatic rings. The Hall–Kier alpha value is -0.530. The number of carbonyl (C=O) groups is 1. The summed E-state index contributed by atoms with van der Waals surface area (Å²) in [5.74, 6) is 0.632. The molecule has 0 spiro atoms. The van der Waals surface area contributed by atoms with Gasteiger partial charge in [0.05, 0.1) is 5.92 Å². The third-order valence-electron chi connectivity index (χ3n) is 4.10. The van der Waals surface area contributed by atoms with Gasteiger partial charge in [0.1, 0.15) is 5.60 Å². The van der Waals surface area contributed by atoms with Gasteiger partial charge < -0.3 is 4.74 Å². The van der Waals surface area contributed by atoms with Gasteiger partial charge in [-0.1, -0.05) is 20.8 Å². The number of rotatable bonds is 3. The Balaban J connectivity index is 2.59. The van der Waals surface area contributed by atoms with Crippen molar-refractivity contribution in [3.63, 3.8) is 0 Å². The topological polar surface area (TPSA) is 26.3 Å². The van der Waals surface area contributed by atoms with E-state index in [0.29, 0.717) is 11.3 Å². The lowest BCUT2D eigenvalue weighted by Gasteiger charge is -2.37. The van der Waals surface area contributed by atoms with Crippen molar-refractivity contribution in [3.05, 3.63) is 0 Å². The van der Waals surface area contributed by atoms with E-state index in [0.717, 1.165) is 6.42 Å². The molecular weight excluding hydrogens is 224 g/mol. The van der Waals surface area contributed by atoms with E-state index in [4.69, 9.17) is 4.74 Å². The van der Waals surface area contributed by atoms with E-state index in [1.807, 2.05) is 20.8 Å². The summed E-state index contributed by atoms with van der Waals surface area (Å²) in [5, 5.41) is 0. The molecule has 1 aliphatic carbocycles. The minimum absolute atomic E-state index is 0.00899.